The predicted molar refractivity (Wildman–Crippen MR) is 60.8 cm³/mol. The average molecular weight is 237 g/mol. The molecule has 2 rings (SSSR count). The second-order valence-corrected chi connectivity index (χ2v) is 3.87. The molecule has 1 aromatic heterocycles. The molecule has 0 unspecified atom stereocenters. The Hall–Kier alpha value is -1.66. The van der Waals surface area contributed by atoms with Crippen molar-refractivity contribution in [3.8, 4) is 5.75 Å². The van der Waals surface area contributed by atoms with Crippen LogP contribution in [0, 0.1) is 0 Å². The molecule has 0 spiro atoms. The van der Waals surface area contributed by atoms with Crippen molar-refractivity contribution < 1.29 is 14.3 Å². The highest BCUT2D eigenvalue weighted by Crippen LogP contribution is 2.17. The first-order valence-electron chi connectivity index (χ1n) is 5.34. The lowest BCUT2D eigenvalue weighted by atomic mass is 10.2. The molecule has 0 atom stereocenters. The summed E-state index contributed by atoms with van der Waals surface area (Å²) in [5.41, 5.74) is 6.28. The van der Waals surface area contributed by atoms with Crippen LogP contribution in [-0.4, -0.2) is 37.3 Å². The van der Waals surface area contributed by atoms with Gasteiger partial charge in [-0.2, -0.15) is 0 Å². The van der Waals surface area contributed by atoms with Gasteiger partial charge in [-0.05, 0) is 11.6 Å². The number of nitrogens with one attached hydrogen (secondary N) is 1. The molecular formula is C11H15N3O3. The van der Waals surface area contributed by atoms with Gasteiger partial charge >= 0.3 is 0 Å². The third-order valence-electron chi connectivity index (χ3n) is 2.60. The Morgan fingerprint density at radius 3 is 3.00 bits per heavy atom. The van der Waals surface area contributed by atoms with Crippen molar-refractivity contribution in [3.05, 3.63) is 23.5 Å². The molecule has 1 saturated heterocycles. The number of nitrogens with zero attached hydrogens (tertiary/aromatic N) is 1. The number of ether oxygens (including phenoxy) is 2. The summed E-state index contributed by atoms with van der Waals surface area (Å²) in [6, 6.07) is 2.16. The first-order chi connectivity index (χ1) is 8.20. The van der Waals surface area contributed by atoms with E-state index in [1.807, 2.05) is 0 Å². The number of aromatic nitrogens is 1. The fraction of sp³-hybridized carbons (Fsp3) is 0.455. The van der Waals surface area contributed by atoms with Crippen molar-refractivity contribution in [2.75, 3.05) is 20.3 Å². The number of amides is 1. The number of rotatable bonds is 5. The van der Waals surface area contributed by atoms with Gasteiger partial charge in [0, 0.05) is 12.7 Å². The second-order valence-electron chi connectivity index (χ2n) is 3.87. The minimum absolute atomic E-state index is 0.156. The third kappa shape index (κ3) is 2.72. The van der Waals surface area contributed by atoms with Gasteiger partial charge in [-0.1, -0.05) is 0 Å². The molecule has 0 saturated carbocycles. The smallest absolute Gasteiger partial charge is 0.271 e. The van der Waals surface area contributed by atoms with E-state index in [0.29, 0.717) is 18.3 Å². The Balaban J connectivity index is 2.04. The summed E-state index contributed by atoms with van der Waals surface area (Å²) in [4.78, 5) is 15.1. The van der Waals surface area contributed by atoms with Gasteiger partial charge in [-0.3, -0.25) is 4.79 Å². The lowest BCUT2D eigenvalue weighted by Crippen LogP contribution is -2.45. The molecule has 92 valence electrons. The number of hydrogen-bond donors (Lipinski definition) is 2. The summed E-state index contributed by atoms with van der Waals surface area (Å²) in [6.45, 7) is 2.14. The van der Waals surface area contributed by atoms with Crippen LogP contribution < -0.4 is 15.8 Å². The monoisotopic (exact) mass is 237 g/mol. The summed E-state index contributed by atoms with van der Waals surface area (Å²) >= 11 is 0. The van der Waals surface area contributed by atoms with Crippen LogP contribution in [0.25, 0.3) is 0 Å². The zero-order valence-electron chi connectivity index (χ0n) is 9.60. The topological polar surface area (TPSA) is 86.5 Å². The molecule has 0 aliphatic carbocycles. The molecular weight excluding hydrogens is 222 g/mol. The summed E-state index contributed by atoms with van der Waals surface area (Å²) < 4.78 is 10.1. The standard InChI is InChI=1S/C11H15N3O3/c1-16-9-2-7(3-13-8-5-17-6-8)4-14-10(9)11(12)15/h2,4,8,13H,3,5-6H2,1H3,(H2,12,15). The van der Waals surface area contributed by atoms with Crippen molar-refractivity contribution in [1.82, 2.24) is 10.3 Å². The largest absolute Gasteiger partial charge is 0.494 e. The fourth-order valence-corrected chi connectivity index (χ4v) is 1.54. The lowest BCUT2D eigenvalue weighted by molar-refractivity contribution is -0.00579. The Labute approximate surface area is 99.1 Å². The van der Waals surface area contributed by atoms with Gasteiger partial charge in [0.1, 0.15) is 0 Å². The van der Waals surface area contributed by atoms with Crippen LogP contribution in [0.15, 0.2) is 12.3 Å². The van der Waals surface area contributed by atoms with Gasteiger partial charge in [-0.15, -0.1) is 0 Å². The SMILES string of the molecule is COc1cc(CNC2COC2)cnc1C(N)=O. The third-order valence-corrected chi connectivity index (χ3v) is 2.60. The highest BCUT2D eigenvalue weighted by Gasteiger charge is 2.17. The van der Waals surface area contributed by atoms with E-state index < -0.39 is 5.91 Å². The highest BCUT2D eigenvalue weighted by atomic mass is 16.5. The molecule has 1 aromatic rings. The minimum atomic E-state index is -0.589. The van der Waals surface area contributed by atoms with Gasteiger partial charge in [0.05, 0.1) is 26.4 Å². The maximum absolute atomic E-state index is 11.1. The molecule has 17 heavy (non-hydrogen) atoms. The first kappa shape index (κ1) is 11.8. The molecule has 1 fully saturated rings. The molecule has 0 radical (unpaired) electrons. The molecule has 1 aliphatic rings. The van der Waals surface area contributed by atoms with Gasteiger partial charge < -0.3 is 20.5 Å². The van der Waals surface area contributed by atoms with Crippen molar-refractivity contribution in [2.45, 2.75) is 12.6 Å². The number of methoxy groups -OCH3 is 1. The van der Waals surface area contributed by atoms with Crippen LogP contribution in [0.2, 0.25) is 0 Å². The molecule has 0 bridgehead atoms. The first-order valence-corrected chi connectivity index (χ1v) is 5.34. The van der Waals surface area contributed by atoms with Crippen LogP contribution >= 0.6 is 0 Å². The Bertz CT molecular complexity index is 418. The van der Waals surface area contributed by atoms with E-state index in [4.69, 9.17) is 15.2 Å². The van der Waals surface area contributed by atoms with E-state index in [2.05, 4.69) is 10.3 Å². The normalized spacial score (nSPS) is 15.4. The van der Waals surface area contributed by atoms with Crippen molar-refractivity contribution in [2.24, 2.45) is 5.73 Å². The van der Waals surface area contributed by atoms with E-state index in [9.17, 15) is 4.79 Å². The number of pyridine rings is 1. The fourth-order valence-electron chi connectivity index (χ4n) is 1.54. The number of carbonyl (C=O) groups is 1. The van der Waals surface area contributed by atoms with E-state index >= 15 is 0 Å². The van der Waals surface area contributed by atoms with Gasteiger partial charge in [0.2, 0.25) is 0 Å². The van der Waals surface area contributed by atoms with Crippen molar-refractivity contribution in [1.29, 1.82) is 0 Å². The van der Waals surface area contributed by atoms with E-state index in [0.717, 1.165) is 18.8 Å². The molecule has 6 heteroatoms. The summed E-state index contributed by atoms with van der Waals surface area (Å²) in [7, 11) is 1.49. The molecule has 3 N–H and O–H groups in total. The second kappa shape index (κ2) is 5.11. The number of primary amides is 1. The maximum Gasteiger partial charge on any atom is 0.271 e. The zero-order valence-corrected chi connectivity index (χ0v) is 9.60. The molecule has 1 aliphatic heterocycles. The maximum atomic E-state index is 11.1. The van der Waals surface area contributed by atoms with E-state index in [-0.39, 0.29) is 5.69 Å². The van der Waals surface area contributed by atoms with Crippen LogP contribution in [0.3, 0.4) is 0 Å². The zero-order chi connectivity index (χ0) is 12.3. The predicted octanol–water partition coefficient (Wildman–Crippen LogP) is -0.322. The highest BCUT2D eigenvalue weighted by molar-refractivity contribution is 5.93. The summed E-state index contributed by atoms with van der Waals surface area (Å²) in [6.07, 6.45) is 1.62. The van der Waals surface area contributed by atoms with Crippen molar-refractivity contribution in [3.63, 3.8) is 0 Å². The number of hydrogen-bond acceptors (Lipinski definition) is 5. The van der Waals surface area contributed by atoms with Crippen LogP contribution in [0.4, 0.5) is 0 Å². The van der Waals surface area contributed by atoms with Gasteiger partial charge in [-0.25, -0.2) is 4.98 Å². The molecule has 2 heterocycles. The Kier molecular flexibility index (Phi) is 3.55. The van der Waals surface area contributed by atoms with Crippen LogP contribution in [0.5, 0.6) is 5.75 Å². The van der Waals surface area contributed by atoms with Crippen LogP contribution in [0.1, 0.15) is 16.1 Å². The summed E-state index contributed by atoms with van der Waals surface area (Å²) in [5.74, 6) is -0.185. The molecule has 0 aromatic carbocycles. The molecule has 1 amide bonds. The van der Waals surface area contributed by atoms with E-state index in [1.165, 1.54) is 7.11 Å². The Morgan fingerprint density at radius 1 is 1.71 bits per heavy atom. The van der Waals surface area contributed by atoms with Crippen LogP contribution in [-0.2, 0) is 11.3 Å². The lowest BCUT2D eigenvalue weighted by Gasteiger charge is -2.27. The van der Waals surface area contributed by atoms with Gasteiger partial charge in [0.25, 0.3) is 5.91 Å². The molecule has 6 nitrogen and oxygen atoms in total. The Morgan fingerprint density at radius 2 is 2.47 bits per heavy atom. The quantitative estimate of drug-likeness (QED) is 0.732. The number of nitrogens with two attached hydrogens (primary N) is 1. The average Bonchev–Trinajstić information content (AvgIpc) is 2.26. The minimum Gasteiger partial charge on any atom is -0.494 e. The van der Waals surface area contributed by atoms with Crippen molar-refractivity contribution >= 4 is 5.91 Å². The summed E-state index contributed by atoms with van der Waals surface area (Å²) in [5, 5.41) is 3.30. The number of carbonyl (C=O) groups excluding carboxylic acids is 1. The van der Waals surface area contributed by atoms with Gasteiger partial charge in [0.15, 0.2) is 11.4 Å². The van der Waals surface area contributed by atoms with E-state index in [1.54, 1.807) is 12.3 Å².